The summed E-state index contributed by atoms with van der Waals surface area (Å²) in [5.74, 6) is -2.33. The summed E-state index contributed by atoms with van der Waals surface area (Å²) in [5, 5.41) is 22.6. The molecule has 2 atom stereocenters. The number of amides is 2. The zero-order valence-electron chi connectivity index (χ0n) is 35.2. The summed E-state index contributed by atoms with van der Waals surface area (Å²) in [7, 11) is 0. The van der Waals surface area contributed by atoms with Crippen LogP contribution in [0, 0.1) is 0 Å². The van der Waals surface area contributed by atoms with Crippen molar-refractivity contribution in [2.75, 3.05) is 13.2 Å². The molecule has 0 heterocycles. The first-order valence-electron chi connectivity index (χ1n) is 22.4. The van der Waals surface area contributed by atoms with Crippen LogP contribution in [-0.4, -0.2) is 59.3 Å². The van der Waals surface area contributed by atoms with Crippen LogP contribution in [0.15, 0.2) is 36.5 Å². The van der Waals surface area contributed by atoms with Crippen LogP contribution in [0.5, 0.6) is 0 Å². The van der Waals surface area contributed by atoms with E-state index in [1.807, 2.05) is 0 Å². The highest BCUT2D eigenvalue weighted by Gasteiger charge is 2.19. The van der Waals surface area contributed by atoms with E-state index >= 15 is 0 Å². The van der Waals surface area contributed by atoms with Crippen molar-refractivity contribution < 1.29 is 34.1 Å². The molecule has 318 valence electrons. The Morgan fingerprint density at radius 3 is 1.55 bits per heavy atom. The summed E-state index contributed by atoms with van der Waals surface area (Å²) in [5.41, 5.74) is 0. The van der Waals surface area contributed by atoms with Gasteiger partial charge in [-0.1, -0.05) is 140 Å². The van der Waals surface area contributed by atoms with Gasteiger partial charge in [-0.05, 0) is 89.9 Å². The van der Waals surface area contributed by atoms with Gasteiger partial charge in [0.2, 0.25) is 11.8 Å². The van der Waals surface area contributed by atoms with Crippen LogP contribution >= 0.6 is 0 Å². The maximum atomic E-state index is 12.8. The number of nitrogens with one attached hydrogen (secondary N) is 2. The molecule has 0 aliphatic heterocycles. The number of carboxylic acids is 1. The van der Waals surface area contributed by atoms with Crippen molar-refractivity contribution in [3.8, 4) is 0 Å². The first kappa shape index (κ1) is 52.1. The van der Waals surface area contributed by atoms with E-state index in [0.29, 0.717) is 12.8 Å². The smallest absolute Gasteiger partial charge is 0.328 e. The third kappa shape index (κ3) is 37.7. The monoisotopic (exact) mass is 775 g/mol. The number of hydrogen-bond donors (Lipinski definition) is 4. The predicted octanol–water partition coefficient (Wildman–Crippen LogP) is 11.0. The summed E-state index contributed by atoms with van der Waals surface area (Å²) >= 11 is 0. The number of aliphatic hydroxyl groups is 1. The van der Waals surface area contributed by atoms with Gasteiger partial charge in [0.25, 0.3) is 0 Å². The van der Waals surface area contributed by atoms with Crippen LogP contribution in [0.3, 0.4) is 0 Å². The van der Waals surface area contributed by atoms with Gasteiger partial charge in [0, 0.05) is 12.8 Å². The Balaban J connectivity index is 4.40. The molecule has 0 aromatic carbocycles. The number of esters is 1. The zero-order chi connectivity index (χ0) is 40.5. The molecule has 9 heteroatoms. The fourth-order valence-electron chi connectivity index (χ4n) is 6.39. The van der Waals surface area contributed by atoms with E-state index < -0.39 is 24.5 Å². The van der Waals surface area contributed by atoms with Crippen LogP contribution < -0.4 is 10.6 Å². The minimum absolute atomic E-state index is 0.0598. The molecule has 9 nitrogen and oxygen atoms in total. The summed E-state index contributed by atoms with van der Waals surface area (Å²) in [4.78, 5) is 47.6. The molecule has 0 saturated carbocycles. The maximum absolute atomic E-state index is 12.8. The molecule has 0 bridgehead atoms. The highest BCUT2D eigenvalue weighted by atomic mass is 16.5. The number of ether oxygens (including phenoxy) is 1. The number of unbranched alkanes of at least 4 members (excludes halogenated alkanes) is 20. The Labute approximate surface area is 336 Å². The summed E-state index contributed by atoms with van der Waals surface area (Å²) < 4.78 is 6.01. The van der Waals surface area contributed by atoms with Gasteiger partial charge in [-0.2, -0.15) is 0 Å². The number of hydrogen-bond acceptors (Lipinski definition) is 6. The molecule has 0 aliphatic rings. The first-order chi connectivity index (χ1) is 26.8. The minimum Gasteiger partial charge on any atom is -0.480 e. The van der Waals surface area contributed by atoms with Gasteiger partial charge in [0.05, 0.1) is 13.2 Å². The molecule has 0 radical (unpaired) electrons. The molecule has 0 rings (SSSR count). The molecule has 0 aliphatic carbocycles. The average Bonchev–Trinajstić information content (AvgIpc) is 3.17. The van der Waals surface area contributed by atoms with Crippen LogP contribution in [0.4, 0.5) is 0 Å². The normalized spacial score (nSPS) is 12.8. The van der Waals surface area contributed by atoms with Crippen molar-refractivity contribution in [1.82, 2.24) is 10.6 Å². The molecule has 0 saturated heterocycles. The molecular weight excluding hydrogens is 693 g/mol. The fraction of sp³-hybridized carbons (Fsp3) is 0.783. The van der Waals surface area contributed by atoms with Crippen molar-refractivity contribution in [1.29, 1.82) is 0 Å². The van der Waals surface area contributed by atoms with Crippen LogP contribution in [-0.2, 0) is 23.9 Å². The molecule has 2 unspecified atom stereocenters. The van der Waals surface area contributed by atoms with Crippen molar-refractivity contribution in [2.24, 2.45) is 0 Å². The van der Waals surface area contributed by atoms with E-state index in [1.54, 1.807) is 0 Å². The lowest BCUT2D eigenvalue weighted by Crippen LogP contribution is -2.47. The molecule has 0 spiro atoms. The second-order valence-corrected chi connectivity index (χ2v) is 15.1. The Morgan fingerprint density at radius 2 is 1.00 bits per heavy atom. The van der Waals surface area contributed by atoms with E-state index in [1.165, 1.54) is 89.9 Å². The Hall–Kier alpha value is -2.94. The van der Waals surface area contributed by atoms with E-state index in [-0.39, 0.29) is 30.9 Å². The maximum Gasteiger partial charge on any atom is 0.328 e. The predicted molar refractivity (Wildman–Crippen MR) is 227 cm³/mol. The third-order valence-electron chi connectivity index (χ3n) is 9.86. The third-order valence-corrected chi connectivity index (χ3v) is 9.86. The molecule has 0 aromatic rings. The van der Waals surface area contributed by atoms with Gasteiger partial charge in [-0.3, -0.25) is 14.4 Å². The number of rotatable bonds is 40. The highest BCUT2D eigenvalue weighted by molar-refractivity contribution is 5.87. The number of aliphatic hydroxyl groups excluding tert-OH is 1. The van der Waals surface area contributed by atoms with Gasteiger partial charge in [0.15, 0.2) is 0 Å². The lowest BCUT2D eigenvalue weighted by Gasteiger charge is -2.18. The largest absolute Gasteiger partial charge is 0.480 e. The Bertz CT molecular complexity index is 1030. The Kier molecular flexibility index (Phi) is 38.5. The van der Waals surface area contributed by atoms with Crippen LogP contribution in [0.1, 0.15) is 206 Å². The van der Waals surface area contributed by atoms with Gasteiger partial charge in [0.1, 0.15) is 12.1 Å². The zero-order valence-corrected chi connectivity index (χ0v) is 35.2. The van der Waals surface area contributed by atoms with Gasteiger partial charge < -0.3 is 25.6 Å². The lowest BCUT2D eigenvalue weighted by molar-refractivity contribution is -0.150. The summed E-state index contributed by atoms with van der Waals surface area (Å²) in [6.45, 7) is 3.46. The molecular formula is C46H82N2O7. The quantitative estimate of drug-likeness (QED) is 0.0276. The second kappa shape index (κ2) is 40.7. The van der Waals surface area contributed by atoms with E-state index in [2.05, 4.69) is 60.9 Å². The molecule has 0 fully saturated rings. The standard InChI is InChI=1S/C46H82N2O7/c1-3-5-7-9-11-13-15-17-19-21-23-25-30-34-38-45(52)55-41(35-31-27-24-22-20-18-16-14-12-10-8-6-4-2)36-32-28-26-29-33-37-43(50)47-39-44(51)48-42(40-49)46(53)54/h15-18,22,24,41-42,49H,3-14,19-21,23,25-40H2,1-2H3,(H,47,50)(H,48,51)(H,53,54)/b17-15-,18-16-,24-22-. The first-order valence-corrected chi connectivity index (χ1v) is 22.4. The lowest BCUT2D eigenvalue weighted by atomic mass is 10.0. The van der Waals surface area contributed by atoms with E-state index in [9.17, 15) is 19.2 Å². The number of allylic oxidation sites excluding steroid dienone is 6. The average molecular weight is 775 g/mol. The molecule has 0 aromatic heterocycles. The summed E-state index contributed by atoms with van der Waals surface area (Å²) in [6, 6.07) is -1.39. The minimum atomic E-state index is -1.39. The van der Waals surface area contributed by atoms with Crippen LogP contribution in [0.2, 0.25) is 0 Å². The molecule has 4 N–H and O–H groups in total. The number of carboxylic acid groups (broad SMARTS) is 1. The SMILES string of the molecule is CCCCCCC/C=C\C/C=C\CCCC(CCCCCCCC(=O)NCC(=O)NC(CO)C(=O)O)OC(=O)CCCCCCC/C=C\CCCCCCC. The Morgan fingerprint density at radius 1 is 0.545 bits per heavy atom. The topological polar surface area (TPSA) is 142 Å². The van der Waals surface area contributed by atoms with Crippen molar-refractivity contribution in [3.63, 3.8) is 0 Å². The summed E-state index contributed by atoms with van der Waals surface area (Å²) in [6.07, 6.45) is 46.0. The van der Waals surface area contributed by atoms with Gasteiger partial charge in [-0.15, -0.1) is 0 Å². The highest BCUT2D eigenvalue weighted by Crippen LogP contribution is 2.18. The van der Waals surface area contributed by atoms with Crippen LogP contribution in [0.25, 0.3) is 0 Å². The van der Waals surface area contributed by atoms with Crippen molar-refractivity contribution >= 4 is 23.8 Å². The number of aliphatic carboxylic acids is 1. The fourth-order valence-corrected chi connectivity index (χ4v) is 6.39. The van der Waals surface area contributed by atoms with Gasteiger partial charge >= 0.3 is 11.9 Å². The van der Waals surface area contributed by atoms with Gasteiger partial charge in [-0.25, -0.2) is 4.79 Å². The van der Waals surface area contributed by atoms with E-state index in [4.69, 9.17) is 14.9 Å². The number of carbonyl (C=O) groups is 4. The molecule has 55 heavy (non-hydrogen) atoms. The van der Waals surface area contributed by atoms with Crippen molar-refractivity contribution in [2.45, 2.75) is 219 Å². The molecule has 2 amide bonds. The van der Waals surface area contributed by atoms with E-state index in [0.717, 1.165) is 83.5 Å². The second-order valence-electron chi connectivity index (χ2n) is 15.1. The van der Waals surface area contributed by atoms with Crippen molar-refractivity contribution in [3.05, 3.63) is 36.5 Å². The number of carbonyl (C=O) groups excluding carboxylic acids is 3.